The van der Waals surface area contributed by atoms with E-state index in [9.17, 15) is 4.79 Å². The number of carbonyl (C=O) groups is 1. The number of hydrogen-bond donors (Lipinski definition) is 0. The van der Waals surface area contributed by atoms with Crippen molar-refractivity contribution in [2.45, 2.75) is 71.1 Å². The van der Waals surface area contributed by atoms with Crippen LogP contribution in [0.2, 0.25) is 0 Å². The highest BCUT2D eigenvalue weighted by Gasteiger charge is 2.36. The fourth-order valence-corrected chi connectivity index (χ4v) is 8.22. The largest absolute Gasteiger partial charge is 0.465 e. The van der Waals surface area contributed by atoms with E-state index in [0.29, 0.717) is 11.5 Å². The Morgan fingerprint density at radius 2 is 1.63 bits per heavy atom. The number of ether oxygens (including phenoxy) is 2. The zero-order valence-corrected chi connectivity index (χ0v) is 24.6. The quantitative estimate of drug-likeness (QED) is 0.267. The molecule has 0 atom stereocenters. The lowest BCUT2D eigenvalue weighted by atomic mass is 9.81. The molecule has 0 saturated carbocycles. The molecule has 8 rings (SSSR count). The Labute approximate surface area is 242 Å². The van der Waals surface area contributed by atoms with Crippen molar-refractivity contribution >= 4 is 17.2 Å². The molecule has 210 valence electrons. The van der Waals surface area contributed by atoms with Crippen LogP contribution in [-0.2, 0) is 30.4 Å². The number of nitrogens with zero attached hydrogens (tertiary/aromatic N) is 2. The summed E-state index contributed by atoms with van der Waals surface area (Å²) in [5.41, 5.74) is 12.1. The van der Waals surface area contributed by atoms with Crippen molar-refractivity contribution in [3.63, 3.8) is 0 Å². The summed E-state index contributed by atoms with van der Waals surface area (Å²) in [5.74, 6) is 2.10. The van der Waals surface area contributed by atoms with E-state index in [1.165, 1.54) is 58.8 Å². The van der Waals surface area contributed by atoms with Gasteiger partial charge in [-0.15, -0.1) is 0 Å². The van der Waals surface area contributed by atoms with Gasteiger partial charge in [-0.05, 0) is 85.4 Å². The molecular formula is C36H39N2O3+. The normalized spacial score (nSPS) is 18.3. The van der Waals surface area contributed by atoms with Crippen molar-refractivity contribution in [3.8, 4) is 11.5 Å². The SMILES string of the molecule is COC(=O)c1ccc(C(C)C)cc1C1=c2cc3c4c(c2Oc2c1cc1c5c2CCCN5CCC1)CCC[N+]=4CCC3. The lowest BCUT2D eigenvalue weighted by Gasteiger charge is -2.39. The second-order valence-electron chi connectivity index (χ2n) is 12.8. The van der Waals surface area contributed by atoms with Gasteiger partial charge in [-0.1, -0.05) is 19.9 Å². The molecule has 0 aromatic heterocycles. The van der Waals surface area contributed by atoms with Crippen LogP contribution < -0.4 is 24.8 Å². The number of anilines is 1. The van der Waals surface area contributed by atoms with E-state index in [-0.39, 0.29) is 5.97 Å². The highest BCUT2D eigenvalue weighted by Crippen LogP contribution is 2.49. The van der Waals surface area contributed by atoms with Gasteiger partial charge >= 0.3 is 5.97 Å². The number of esters is 1. The number of hydrogen-bond acceptors (Lipinski definition) is 4. The second-order valence-corrected chi connectivity index (χ2v) is 12.8. The maximum absolute atomic E-state index is 13.3. The molecule has 0 unspecified atom stereocenters. The van der Waals surface area contributed by atoms with Crippen LogP contribution in [0.3, 0.4) is 0 Å². The second kappa shape index (κ2) is 9.47. The zero-order valence-electron chi connectivity index (χ0n) is 24.6. The topological polar surface area (TPSA) is 41.8 Å². The molecule has 5 aliphatic heterocycles. The predicted molar refractivity (Wildman–Crippen MR) is 162 cm³/mol. The monoisotopic (exact) mass is 547 g/mol. The van der Waals surface area contributed by atoms with Crippen LogP contribution in [0.5, 0.6) is 11.5 Å². The molecule has 0 spiro atoms. The molecule has 0 aliphatic carbocycles. The Kier molecular flexibility index (Phi) is 5.81. The summed E-state index contributed by atoms with van der Waals surface area (Å²) in [4.78, 5) is 15.9. The standard InChI is InChI=1S/C36H39N2O3/c1-21(2)22-12-13-25(36(39)40-3)28(18-22)31-29-19-23-8-4-14-37-16-6-10-26(32(23)37)34(29)41-35-27-11-7-17-38-15-5-9-24(33(27)38)20-30(31)35/h12-13,18-21H,4-11,14-17H2,1-3H3/q+1. The predicted octanol–water partition coefficient (Wildman–Crippen LogP) is 5.03. The Morgan fingerprint density at radius 1 is 0.878 bits per heavy atom. The summed E-state index contributed by atoms with van der Waals surface area (Å²) in [6.07, 6.45) is 8.91. The Morgan fingerprint density at radius 3 is 2.44 bits per heavy atom. The summed E-state index contributed by atoms with van der Waals surface area (Å²) in [5, 5.41) is 2.57. The van der Waals surface area contributed by atoms with Crippen molar-refractivity contribution in [2.75, 3.05) is 38.2 Å². The summed E-state index contributed by atoms with van der Waals surface area (Å²) < 4.78 is 15.1. The summed E-state index contributed by atoms with van der Waals surface area (Å²) >= 11 is 0. The van der Waals surface area contributed by atoms with Crippen LogP contribution in [-0.4, -0.2) is 39.3 Å². The minimum absolute atomic E-state index is 0.284. The van der Waals surface area contributed by atoms with E-state index in [1.54, 1.807) is 0 Å². The summed E-state index contributed by atoms with van der Waals surface area (Å²) in [7, 11) is 1.49. The third-order valence-corrected chi connectivity index (χ3v) is 10.1. The maximum atomic E-state index is 13.3. The van der Waals surface area contributed by atoms with Crippen LogP contribution in [0, 0.1) is 0 Å². The maximum Gasteiger partial charge on any atom is 0.338 e. The molecule has 3 aromatic carbocycles. The average Bonchev–Trinajstić information content (AvgIpc) is 3.00. The molecule has 5 aliphatic rings. The van der Waals surface area contributed by atoms with E-state index in [1.807, 2.05) is 6.07 Å². The van der Waals surface area contributed by atoms with Gasteiger partial charge < -0.3 is 14.4 Å². The Hall–Kier alpha value is -3.60. The van der Waals surface area contributed by atoms with Crippen LogP contribution in [0.25, 0.3) is 5.57 Å². The van der Waals surface area contributed by atoms with Gasteiger partial charge in [-0.25, -0.2) is 9.37 Å². The minimum atomic E-state index is -0.284. The zero-order chi connectivity index (χ0) is 27.8. The highest BCUT2D eigenvalue weighted by molar-refractivity contribution is 6.00. The van der Waals surface area contributed by atoms with Gasteiger partial charge in [-0.2, -0.15) is 0 Å². The molecule has 5 nitrogen and oxygen atoms in total. The number of aryl methyl sites for hydroxylation is 2. The number of carbonyl (C=O) groups excluding carboxylic acids is 1. The first-order chi connectivity index (χ1) is 20.0. The molecule has 5 heterocycles. The summed E-state index contributed by atoms with van der Waals surface area (Å²) in [6.45, 7) is 8.95. The van der Waals surface area contributed by atoms with Gasteiger partial charge in [0.15, 0.2) is 0 Å². The molecule has 3 aromatic rings. The minimum Gasteiger partial charge on any atom is -0.465 e. The smallest absolute Gasteiger partial charge is 0.338 e. The molecule has 0 radical (unpaired) electrons. The molecule has 0 amide bonds. The molecule has 0 fully saturated rings. The number of benzene rings is 3. The summed E-state index contributed by atoms with van der Waals surface area (Å²) in [6, 6.07) is 11.1. The fourth-order valence-electron chi connectivity index (χ4n) is 8.22. The number of fused-ring (bicyclic) bond motifs is 4. The number of methoxy groups -OCH3 is 1. The van der Waals surface area contributed by atoms with Crippen molar-refractivity contribution in [1.82, 2.24) is 4.58 Å². The van der Waals surface area contributed by atoms with Crippen LogP contribution in [0.15, 0.2) is 30.3 Å². The Balaban J connectivity index is 1.54. The molecule has 5 heteroatoms. The van der Waals surface area contributed by atoms with Crippen molar-refractivity contribution < 1.29 is 14.3 Å². The van der Waals surface area contributed by atoms with Gasteiger partial charge in [0, 0.05) is 59.1 Å². The number of rotatable bonds is 3. The third kappa shape index (κ3) is 3.73. The van der Waals surface area contributed by atoms with Gasteiger partial charge in [-0.3, -0.25) is 0 Å². The lowest BCUT2D eigenvalue weighted by Crippen LogP contribution is -2.45. The van der Waals surface area contributed by atoms with Gasteiger partial charge in [0.05, 0.1) is 18.2 Å². The molecule has 41 heavy (non-hydrogen) atoms. The van der Waals surface area contributed by atoms with Crippen LogP contribution >= 0.6 is 0 Å². The van der Waals surface area contributed by atoms with Crippen molar-refractivity contribution in [3.05, 3.63) is 85.4 Å². The van der Waals surface area contributed by atoms with Crippen LogP contribution in [0.4, 0.5) is 5.69 Å². The van der Waals surface area contributed by atoms with Gasteiger partial charge in [0.1, 0.15) is 24.6 Å². The highest BCUT2D eigenvalue weighted by atomic mass is 16.5. The van der Waals surface area contributed by atoms with E-state index in [4.69, 9.17) is 9.47 Å². The average molecular weight is 548 g/mol. The first-order valence-electron chi connectivity index (χ1n) is 15.7. The first-order valence-corrected chi connectivity index (χ1v) is 15.7. The van der Waals surface area contributed by atoms with E-state index in [0.717, 1.165) is 98.1 Å². The van der Waals surface area contributed by atoms with E-state index >= 15 is 0 Å². The molecule has 0 bridgehead atoms. The van der Waals surface area contributed by atoms with Gasteiger partial charge in [0.25, 0.3) is 0 Å². The van der Waals surface area contributed by atoms with E-state index < -0.39 is 0 Å². The first kappa shape index (κ1) is 25.1. The molecule has 0 saturated heterocycles. The molecular weight excluding hydrogens is 508 g/mol. The third-order valence-electron chi connectivity index (χ3n) is 10.1. The van der Waals surface area contributed by atoms with Gasteiger partial charge in [0.2, 0.25) is 5.36 Å². The van der Waals surface area contributed by atoms with Crippen LogP contribution in [0.1, 0.15) is 94.8 Å². The lowest BCUT2D eigenvalue weighted by molar-refractivity contribution is 0.0600. The van der Waals surface area contributed by atoms with Crippen molar-refractivity contribution in [2.24, 2.45) is 0 Å². The Bertz CT molecular complexity index is 1760. The molecule has 0 N–H and O–H groups in total. The fraction of sp³-hybridized carbons (Fsp3) is 0.444. The van der Waals surface area contributed by atoms with E-state index in [2.05, 4.69) is 47.6 Å². The van der Waals surface area contributed by atoms with Crippen molar-refractivity contribution in [1.29, 1.82) is 0 Å².